The number of hydrogen-bond acceptors (Lipinski definition) is 4. The van der Waals surface area contributed by atoms with E-state index in [-0.39, 0.29) is 16.7 Å². The minimum absolute atomic E-state index is 0.111. The van der Waals surface area contributed by atoms with Crippen LogP contribution in [0.2, 0.25) is 4.34 Å². The summed E-state index contributed by atoms with van der Waals surface area (Å²) in [5.41, 5.74) is 0. The number of nitrogens with one attached hydrogen (secondary N) is 1. The second-order valence-electron chi connectivity index (χ2n) is 3.45. The molecule has 0 aliphatic rings. The number of likely N-dealkylation sites (N-methyl/N-ethyl adjacent to an activating group) is 1. The number of amides is 1. The molecule has 0 bridgehead atoms. The summed E-state index contributed by atoms with van der Waals surface area (Å²) < 4.78 is 26.4. The molecule has 1 rings (SSSR count). The van der Waals surface area contributed by atoms with Crippen LogP contribution in [0.3, 0.4) is 0 Å². The molecule has 18 heavy (non-hydrogen) atoms. The zero-order valence-corrected chi connectivity index (χ0v) is 12.5. The van der Waals surface area contributed by atoms with Gasteiger partial charge in [0.15, 0.2) is 0 Å². The molecule has 0 saturated heterocycles. The Morgan fingerprint density at radius 2 is 2.00 bits per heavy atom. The summed E-state index contributed by atoms with van der Waals surface area (Å²) in [6, 6.07) is 2.92. The summed E-state index contributed by atoms with van der Waals surface area (Å²) in [7, 11) is -3.65. The van der Waals surface area contributed by atoms with Crippen LogP contribution in [0, 0.1) is 0 Å². The van der Waals surface area contributed by atoms with E-state index in [0.29, 0.717) is 17.4 Å². The van der Waals surface area contributed by atoms with Crippen LogP contribution in [0.1, 0.15) is 13.8 Å². The molecule has 102 valence electrons. The molecule has 0 saturated carbocycles. The van der Waals surface area contributed by atoms with Gasteiger partial charge in [-0.2, -0.15) is 0 Å². The molecule has 1 aromatic rings. The third-order valence-corrected chi connectivity index (χ3v) is 5.47. The van der Waals surface area contributed by atoms with E-state index >= 15 is 0 Å². The van der Waals surface area contributed by atoms with Crippen molar-refractivity contribution in [3.05, 3.63) is 16.5 Å². The van der Waals surface area contributed by atoms with Gasteiger partial charge >= 0.3 is 0 Å². The molecule has 0 spiro atoms. The molecule has 0 atom stereocenters. The molecule has 5 nitrogen and oxygen atoms in total. The Morgan fingerprint density at radius 1 is 1.39 bits per heavy atom. The fraction of sp³-hybridized carbons (Fsp3) is 0.500. The fourth-order valence-corrected chi connectivity index (χ4v) is 3.86. The molecule has 0 unspecified atom stereocenters. The molecule has 0 aliphatic carbocycles. The zero-order chi connectivity index (χ0) is 13.8. The van der Waals surface area contributed by atoms with Crippen molar-refractivity contribution in [2.24, 2.45) is 0 Å². The Kier molecular flexibility index (Phi) is 5.58. The minimum Gasteiger partial charge on any atom is -0.342 e. The van der Waals surface area contributed by atoms with Crippen molar-refractivity contribution < 1.29 is 13.2 Å². The van der Waals surface area contributed by atoms with Crippen LogP contribution in [-0.4, -0.2) is 38.9 Å². The first-order valence-corrected chi connectivity index (χ1v) is 8.11. The first-order valence-electron chi connectivity index (χ1n) is 5.43. The van der Waals surface area contributed by atoms with Crippen LogP contribution in [0.5, 0.6) is 0 Å². The number of hydrogen-bond donors (Lipinski definition) is 1. The Balaban J connectivity index is 2.66. The highest BCUT2D eigenvalue weighted by Gasteiger charge is 2.19. The number of carbonyl (C=O) groups excluding carboxylic acids is 1. The first-order chi connectivity index (χ1) is 8.40. The van der Waals surface area contributed by atoms with Crippen molar-refractivity contribution in [3.8, 4) is 0 Å². The molecule has 0 aliphatic heterocycles. The van der Waals surface area contributed by atoms with Gasteiger partial charge in [0.1, 0.15) is 4.21 Å². The average Bonchev–Trinajstić information content (AvgIpc) is 2.76. The molecule has 8 heteroatoms. The van der Waals surface area contributed by atoms with Crippen LogP contribution in [0.15, 0.2) is 16.3 Å². The molecule has 0 aromatic carbocycles. The maximum Gasteiger partial charge on any atom is 0.250 e. The van der Waals surface area contributed by atoms with Crippen LogP contribution >= 0.6 is 22.9 Å². The summed E-state index contributed by atoms with van der Waals surface area (Å²) in [4.78, 5) is 13.2. The maximum atomic E-state index is 11.8. The molecule has 1 heterocycles. The van der Waals surface area contributed by atoms with Crippen molar-refractivity contribution in [1.29, 1.82) is 0 Å². The zero-order valence-electron chi connectivity index (χ0n) is 10.1. The van der Waals surface area contributed by atoms with Crippen LogP contribution in [-0.2, 0) is 14.8 Å². The number of sulfonamides is 1. The Bertz CT molecular complexity index is 509. The molecule has 0 fully saturated rings. The van der Waals surface area contributed by atoms with Gasteiger partial charge in [-0.1, -0.05) is 11.6 Å². The van der Waals surface area contributed by atoms with Gasteiger partial charge in [0.2, 0.25) is 5.91 Å². The standard InChI is InChI=1S/C10H15ClN2O3S2/c1-3-13(4-2)9(14)7-12-18(15,16)10-6-5-8(11)17-10/h5-6,12H,3-4,7H2,1-2H3. The van der Waals surface area contributed by atoms with Gasteiger partial charge in [-0.15, -0.1) is 11.3 Å². The van der Waals surface area contributed by atoms with Crippen molar-refractivity contribution in [2.45, 2.75) is 18.1 Å². The fourth-order valence-electron chi connectivity index (χ4n) is 1.36. The predicted octanol–water partition coefficient (Wildman–Crippen LogP) is 1.55. The lowest BCUT2D eigenvalue weighted by molar-refractivity contribution is -0.129. The smallest absolute Gasteiger partial charge is 0.250 e. The lowest BCUT2D eigenvalue weighted by atomic mass is 10.4. The normalized spacial score (nSPS) is 11.5. The summed E-state index contributed by atoms with van der Waals surface area (Å²) in [6.45, 7) is 4.56. The van der Waals surface area contributed by atoms with Gasteiger partial charge in [0.25, 0.3) is 10.0 Å². The third-order valence-electron chi connectivity index (χ3n) is 2.34. The molecular weight excluding hydrogens is 296 g/mol. The molecular formula is C10H15ClN2O3S2. The topological polar surface area (TPSA) is 66.5 Å². The van der Waals surface area contributed by atoms with E-state index in [1.807, 2.05) is 13.8 Å². The van der Waals surface area contributed by atoms with Crippen LogP contribution < -0.4 is 4.72 Å². The predicted molar refractivity (Wildman–Crippen MR) is 72.4 cm³/mol. The van der Waals surface area contributed by atoms with E-state index in [9.17, 15) is 13.2 Å². The van der Waals surface area contributed by atoms with Crippen molar-refractivity contribution in [2.75, 3.05) is 19.6 Å². The Labute approximate surface area is 116 Å². The van der Waals surface area contributed by atoms with E-state index in [0.717, 1.165) is 11.3 Å². The SMILES string of the molecule is CCN(CC)C(=O)CNS(=O)(=O)c1ccc(Cl)s1. The highest BCUT2D eigenvalue weighted by atomic mass is 35.5. The maximum absolute atomic E-state index is 11.8. The molecule has 0 radical (unpaired) electrons. The monoisotopic (exact) mass is 310 g/mol. The van der Waals surface area contributed by atoms with Gasteiger partial charge < -0.3 is 4.90 Å². The lowest BCUT2D eigenvalue weighted by Crippen LogP contribution is -2.39. The lowest BCUT2D eigenvalue weighted by Gasteiger charge is -2.18. The Morgan fingerprint density at radius 3 is 2.44 bits per heavy atom. The van der Waals surface area contributed by atoms with Gasteiger partial charge in [-0.05, 0) is 26.0 Å². The second-order valence-corrected chi connectivity index (χ2v) is 7.16. The van der Waals surface area contributed by atoms with Crippen molar-refractivity contribution in [1.82, 2.24) is 9.62 Å². The number of thiophene rings is 1. The van der Waals surface area contributed by atoms with E-state index in [1.165, 1.54) is 12.1 Å². The number of carbonyl (C=O) groups is 1. The van der Waals surface area contributed by atoms with Crippen LogP contribution in [0.25, 0.3) is 0 Å². The number of halogens is 1. The van der Waals surface area contributed by atoms with Crippen molar-refractivity contribution >= 4 is 38.9 Å². The van der Waals surface area contributed by atoms with Crippen molar-refractivity contribution in [3.63, 3.8) is 0 Å². The second kappa shape index (κ2) is 6.51. The van der Waals surface area contributed by atoms with Crippen LogP contribution in [0.4, 0.5) is 0 Å². The van der Waals surface area contributed by atoms with E-state index in [2.05, 4.69) is 4.72 Å². The highest BCUT2D eigenvalue weighted by molar-refractivity contribution is 7.91. The average molecular weight is 311 g/mol. The molecule has 1 amide bonds. The van der Waals surface area contributed by atoms with Gasteiger partial charge in [-0.25, -0.2) is 13.1 Å². The summed E-state index contributed by atoms with van der Waals surface area (Å²) >= 11 is 6.63. The van der Waals surface area contributed by atoms with E-state index in [4.69, 9.17) is 11.6 Å². The quantitative estimate of drug-likeness (QED) is 0.867. The summed E-state index contributed by atoms with van der Waals surface area (Å²) in [6.07, 6.45) is 0. The highest BCUT2D eigenvalue weighted by Crippen LogP contribution is 2.25. The van der Waals surface area contributed by atoms with Gasteiger partial charge in [0.05, 0.1) is 10.9 Å². The number of rotatable bonds is 6. The first kappa shape index (κ1) is 15.4. The minimum atomic E-state index is -3.65. The molecule has 1 N–H and O–H groups in total. The summed E-state index contributed by atoms with van der Waals surface area (Å²) in [5.74, 6) is -0.244. The Hall–Kier alpha value is -0.630. The van der Waals surface area contributed by atoms with Gasteiger partial charge in [-0.3, -0.25) is 4.79 Å². The largest absolute Gasteiger partial charge is 0.342 e. The van der Waals surface area contributed by atoms with E-state index < -0.39 is 10.0 Å². The van der Waals surface area contributed by atoms with E-state index in [1.54, 1.807) is 4.90 Å². The summed E-state index contributed by atoms with van der Waals surface area (Å²) in [5, 5.41) is 0. The molecule has 1 aromatic heterocycles. The third kappa shape index (κ3) is 3.94. The number of nitrogens with zero attached hydrogens (tertiary/aromatic N) is 1. The van der Waals surface area contributed by atoms with Gasteiger partial charge in [0, 0.05) is 13.1 Å².